The normalized spacial score (nSPS) is 19.4. The number of benzene rings is 2. The van der Waals surface area contributed by atoms with Crippen LogP contribution >= 0.6 is 0 Å². The molecule has 0 fully saturated rings. The highest BCUT2D eigenvalue weighted by Crippen LogP contribution is 2.26. The van der Waals surface area contributed by atoms with E-state index in [1.165, 1.54) is 5.57 Å². The van der Waals surface area contributed by atoms with Gasteiger partial charge >= 0.3 is 0 Å². The Morgan fingerprint density at radius 3 is 2.76 bits per heavy atom. The number of hydrogen-bond acceptors (Lipinski definition) is 6. The van der Waals surface area contributed by atoms with Gasteiger partial charge in [-0.05, 0) is 75.5 Å². The Balaban J connectivity index is 1.45. The molecule has 0 aromatic heterocycles. The van der Waals surface area contributed by atoms with Gasteiger partial charge in [0.15, 0.2) is 0 Å². The van der Waals surface area contributed by atoms with Gasteiger partial charge in [-0.2, -0.15) is 5.10 Å². The Morgan fingerprint density at radius 1 is 1.16 bits per heavy atom. The molecule has 0 bridgehead atoms. The number of nitrogens with one attached hydrogen (secondary N) is 1. The molecule has 38 heavy (non-hydrogen) atoms. The van der Waals surface area contributed by atoms with Crippen molar-refractivity contribution in [3.05, 3.63) is 71.3 Å². The molecule has 2 aliphatic heterocycles. The minimum absolute atomic E-state index is 0.348. The summed E-state index contributed by atoms with van der Waals surface area (Å²) in [5.74, 6) is -1.20. The zero-order valence-electron chi connectivity index (χ0n) is 22.0. The van der Waals surface area contributed by atoms with Crippen molar-refractivity contribution >= 4 is 21.6 Å². The number of sulfonamides is 1. The molecule has 0 saturated heterocycles. The minimum atomic E-state index is -4.34. The summed E-state index contributed by atoms with van der Waals surface area (Å²) in [7, 11) is -2.20. The first-order valence-corrected chi connectivity index (χ1v) is 14.4. The quantitative estimate of drug-likeness (QED) is 0.446. The molecule has 1 N–H and O–H groups in total. The topological polar surface area (TPSA) is 83.4 Å². The van der Waals surface area contributed by atoms with Crippen LogP contribution in [0, 0.1) is 17.6 Å². The highest BCUT2D eigenvalue weighted by Gasteiger charge is 2.34. The van der Waals surface area contributed by atoms with Crippen LogP contribution in [0.1, 0.15) is 45.1 Å². The number of rotatable bonds is 9. The molecule has 2 atom stereocenters. The molecule has 0 aliphatic carbocycles. The fraction of sp³-hybridized carbons (Fsp3) is 0.429. The lowest BCUT2D eigenvalue weighted by atomic mass is 9.94. The Labute approximate surface area is 223 Å². The van der Waals surface area contributed by atoms with Crippen LogP contribution in [0.25, 0.3) is 0 Å². The summed E-state index contributed by atoms with van der Waals surface area (Å²) in [6.45, 7) is 5.72. The van der Waals surface area contributed by atoms with Crippen LogP contribution in [-0.4, -0.2) is 51.1 Å². The SMILES string of the molecule is CCCC1C(Oc2cccc(CC3=CCCN(C)CC3)c2)=NN=C1[C@@H](C)NS(=O)(=O)c1cc(F)ccc1F. The molecular weight excluding hydrogens is 510 g/mol. The maximum atomic E-state index is 14.1. The molecule has 4 rings (SSSR count). The fourth-order valence-corrected chi connectivity index (χ4v) is 6.06. The zero-order chi connectivity index (χ0) is 27.3. The average molecular weight is 545 g/mol. The van der Waals surface area contributed by atoms with Crippen LogP contribution in [0.15, 0.2) is 69.2 Å². The number of ether oxygens (including phenoxy) is 1. The molecule has 0 saturated carbocycles. The van der Waals surface area contributed by atoms with E-state index in [9.17, 15) is 17.2 Å². The van der Waals surface area contributed by atoms with Crippen LogP contribution in [-0.2, 0) is 16.4 Å². The first-order chi connectivity index (χ1) is 18.2. The predicted octanol–water partition coefficient (Wildman–Crippen LogP) is 5.09. The lowest BCUT2D eigenvalue weighted by molar-refractivity contribution is 0.352. The lowest BCUT2D eigenvalue weighted by Crippen LogP contribution is -2.43. The third-order valence-corrected chi connectivity index (χ3v) is 8.32. The molecule has 10 heteroatoms. The fourth-order valence-electron chi connectivity index (χ4n) is 4.75. The van der Waals surface area contributed by atoms with Gasteiger partial charge in [-0.1, -0.05) is 37.1 Å². The van der Waals surface area contributed by atoms with Crippen LogP contribution in [0.3, 0.4) is 0 Å². The smallest absolute Gasteiger partial charge is 0.244 e. The van der Waals surface area contributed by atoms with Crippen molar-refractivity contribution in [1.82, 2.24) is 9.62 Å². The van der Waals surface area contributed by atoms with E-state index in [2.05, 4.69) is 39.0 Å². The van der Waals surface area contributed by atoms with Gasteiger partial charge in [-0.25, -0.2) is 21.9 Å². The molecule has 0 amide bonds. The van der Waals surface area contributed by atoms with E-state index in [4.69, 9.17) is 4.74 Å². The number of hydrogen-bond donors (Lipinski definition) is 1. The maximum Gasteiger partial charge on any atom is 0.244 e. The van der Waals surface area contributed by atoms with Gasteiger partial charge < -0.3 is 9.64 Å². The average Bonchev–Trinajstić information content (AvgIpc) is 3.14. The van der Waals surface area contributed by atoms with Crippen LogP contribution < -0.4 is 9.46 Å². The van der Waals surface area contributed by atoms with Gasteiger partial charge in [0.05, 0.1) is 17.7 Å². The van der Waals surface area contributed by atoms with Crippen molar-refractivity contribution in [2.45, 2.75) is 56.9 Å². The molecule has 7 nitrogen and oxygen atoms in total. The van der Waals surface area contributed by atoms with Crippen molar-refractivity contribution in [1.29, 1.82) is 0 Å². The van der Waals surface area contributed by atoms with Crippen LogP contribution in [0.5, 0.6) is 5.75 Å². The molecule has 2 aliphatic rings. The van der Waals surface area contributed by atoms with Crippen molar-refractivity contribution in [3.63, 3.8) is 0 Å². The van der Waals surface area contributed by atoms with Crippen molar-refractivity contribution in [2.75, 3.05) is 20.1 Å². The van der Waals surface area contributed by atoms with Crippen molar-refractivity contribution in [3.8, 4) is 5.75 Å². The predicted molar refractivity (Wildman–Crippen MR) is 145 cm³/mol. The summed E-state index contributed by atoms with van der Waals surface area (Å²) in [5, 5.41) is 8.47. The van der Waals surface area contributed by atoms with Crippen molar-refractivity contribution < 1.29 is 21.9 Å². The summed E-state index contributed by atoms with van der Waals surface area (Å²) < 4.78 is 61.9. The highest BCUT2D eigenvalue weighted by atomic mass is 32.2. The van der Waals surface area contributed by atoms with Crippen LogP contribution in [0.2, 0.25) is 0 Å². The minimum Gasteiger partial charge on any atom is -0.441 e. The monoisotopic (exact) mass is 544 g/mol. The maximum absolute atomic E-state index is 14.1. The molecule has 0 spiro atoms. The largest absolute Gasteiger partial charge is 0.441 e. The molecule has 0 radical (unpaired) electrons. The van der Waals surface area contributed by atoms with E-state index in [0.717, 1.165) is 56.5 Å². The summed E-state index contributed by atoms with van der Waals surface area (Å²) in [4.78, 5) is 1.59. The molecule has 204 valence electrons. The Bertz CT molecular complexity index is 1360. The summed E-state index contributed by atoms with van der Waals surface area (Å²) >= 11 is 0. The van der Waals surface area contributed by atoms with Gasteiger partial charge in [-0.3, -0.25) is 0 Å². The number of nitrogens with zero attached hydrogens (tertiary/aromatic N) is 3. The van der Waals surface area contributed by atoms with Crippen molar-refractivity contribution in [2.24, 2.45) is 16.1 Å². The van der Waals surface area contributed by atoms with Gasteiger partial charge in [-0.15, -0.1) is 5.10 Å². The van der Waals surface area contributed by atoms with Crippen LogP contribution in [0.4, 0.5) is 8.78 Å². The van der Waals surface area contributed by atoms with Gasteiger partial charge in [0.25, 0.3) is 0 Å². The number of halogens is 2. The molecule has 2 aromatic carbocycles. The second-order valence-electron chi connectivity index (χ2n) is 9.85. The Hall–Kier alpha value is -2.95. The first kappa shape index (κ1) is 28.1. The zero-order valence-corrected chi connectivity index (χ0v) is 22.8. The molecule has 2 heterocycles. The molecular formula is C28H34F2N4O3S. The summed E-state index contributed by atoms with van der Waals surface area (Å²) in [5.41, 5.74) is 3.02. The van der Waals surface area contributed by atoms with E-state index in [1.807, 2.05) is 25.1 Å². The summed E-state index contributed by atoms with van der Waals surface area (Å²) in [6, 6.07) is 9.39. The third-order valence-electron chi connectivity index (χ3n) is 6.77. The molecule has 1 unspecified atom stereocenters. The van der Waals surface area contributed by atoms with E-state index < -0.39 is 32.6 Å². The Kier molecular flexibility index (Phi) is 9.07. The standard InChI is InChI=1S/C28H34F2N4O3S/c1-4-7-24-27(19(2)33-38(35,36)26-18-22(29)11-12-25(26)30)31-32-28(24)37-23-10-5-8-21(17-23)16-20-9-6-14-34(3)15-13-20/h5,8-12,17-19,24,33H,4,6-7,13-16H2,1-3H3/t19-,24?/m1/s1. The van der Waals surface area contributed by atoms with E-state index in [1.54, 1.807) is 6.92 Å². The highest BCUT2D eigenvalue weighted by molar-refractivity contribution is 7.89. The third kappa shape index (κ3) is 6.92. The second kappa shape index (κ2) is 12.3. The van der Waals surface area contributed by atoms with E-state index in [-0.39, 0.29) is 5.92 Å². The molecule has 2 aromatic rings. The second-order valence-corrected chi connectivity index (χ2v) is 11.5. The lowest BCUT2D eigenvalue weighted by Gasteiger charge is -2.21. The van der Waals surface area contributed by atoms with E-state index in [0.29, 0.717) is 29.8 Å². The van der Waals surface area contributed by atoms with Gasteiger partial charge in [0, 0.05) is 13.1 Å². The van der Waals surface area contributed by atoms with Gasteiger partial charge in [0.2, 0.25) is 15.9 Å². The summed E-state index contributed by atoms with van der Waals surface area (Å²) in [6.07, 6.45) is 6.69. The van der Waals surface area contributed by atoms with Gasteiger partial charge in [0.1, 0.15) is 22.3 Å². The first-order valence-electron chi connectivity index (χ1n) is 12.9. The Morgan fingerprint density at radius 2 is 1.97 bits per heavy atom. The van der Waals surface area contributed by atoms with E-state index >= 15 is 0 Å².